The van der Waals surface area contributed by atoms with E-state index in [2.05, 4.69) is 4.98 Å². The van der Waals surface area contributed by atoms with Crippen molar-refractivity contribution in [2.75, 3.05) is 19.0 Å². The molecule has 3 N–H and O–H groups in total. The van der Waals surface area contributed by atoms with E-state index in [1.165, 1.54) is 0 Å². The molecule has 0 saturated heterocycles. The summed E-state index contributed by atoms with van der Waals surface area (Å²) in [4.78, 5) is 5.94. The second-order valence-electron chi connectivity index (χ2n) is 3.10. The molecule has 5 heteroatoms. The van der Waals surface area contributed by atoms with Crippen LogP contribution < -0.4 is 10.6 Å². The Labute approximate surface area is 77.1 Å². The monoisotopic (exact) mass is 182 g/mol. The van der Waals surface area contributed by atoms with Gasteiger partial charge in [-0.3, -0.25) is 5.41 Å². The van der Waals surface area contributed by atoms with Crippen molar-refractivity contribution in [2.45, 2.75) is 13.3 Å². The lowest BCUT2D eigenvalue weighted by Gasteiger charge is -2.03. The quantitative estimate of drug-likeness (QED) is 0.528. The Morgan fingerprint density at radius 2 is 2.23 bits per heavy atom. The maximum atomic E-state index is 7.12. The van der Waals surface area contributed by atoms with Crippen LogP contribution in [0.3, 0.4) is 0 Å². The van der Waals surface area contributed by atoms with Crippen molar-refractivity contribution in [2.24, 2.45) is 5.73 Å². The zero-order valence-corrected chi connectivity index (χ0v) is 8.09. The zero-order chi connectivity index (χ0) is 10.0. The van der Waals surface area contributed by atoms with E-state index in [4.69, 9.17) is 15.6 Å². The molecule has 1 heterocycles. The fourth-order valence-electron chi connectivity index (χ4n) is 0.941. The van der Waals surface area contributed by atoms with E-state index in [1.807, 2.05) is 21.0 Å². The van der Waals surface area contributed by atoms with Gasteiger partial charge in [-0.25, -0.2) is 0 Å². The third-order valence-electron chi connectivity index (χ3n) is 1.61. The highest BCUT2D eigenvalue weighted by Crippen LogP contribution is 2.16. The summed E-state index contributed by atoms with van der Waals surface area (Å²) in [6.07, 6.45) is 0.326. The van der Waals surface area contributed by atoms with Gasteiger partial charge in [-0.2, -0.15) is 4.98 Å². The number of hydrogen-bond acceptors (Lipinski definition) is 4. The summed E-state index contributed by atoms with van der Waals surface area (Å²) in [6.45, 7) is 1.84. The molecule has 0 aliphatic heterocycles. The van der Waals surface area contributed by atoms with E-state index in [0.717, 1.165) is 5.69 Å². The first-order valence-electron chi connectivity index (χ1n) is 3.97. The number of rotatable bonds is 3. The van der Waals surface area contributed by atoms with Crippen LogP contribution in [0.4, 0.5) is 6.01 Å². The maximum absolute atomic E-state index is 7.12. The fraction of sp³-hybridized carbons (Fsp3) is 0.500. The van der Waals surface area contributed by atoms with Crippen molar-refractivity contribution in [1.82, 2.24) is 4.98 Å². The Bertz CT molecular complexity index is 316. The summed E-state index contributed by atoms with van der Waals surface area (Å²) < 4.78 is 5.38. The molecule has 0 aliphatic carbocycles. The topological polar surface area (TPSA) is 79.1 Å². The summed E-state index contributed by atoms with van der Waals surface area (Å²) in [5.74, 6) is 0.751. The van der Waals surface area contributed by atoms with Crippen molar-refractivity contribution in [3.8, 4) is 0 Å². The van der Waals surface area contributed by atoms with E-state index in [-0.39, 0.29) is 5.84 Å². The summed E-state index contributed by atoms with van der Waals surface area (Å²) in [6, 6.07) is 0.550. The highest BCUT2D eigenvalue weighted by molar-refractivity contribution is 5.79. The molecule has 1 rings (SSSR count). The minimum Gasteiger partial charge on any atom is -0.428 e. The highest BCUT2D eigenvalue weighted by Gasteiger charge is 2.11. The van der Waals surface area contributed by atoms with E-state index >= 15 is 0 Å². The number of aryl methyl sites for hydroxylation is 1. The maximum Gasteiger partial charge on any atom is 0.297 e. The van der Waals surface area contributed by atoms with Crippen molar-refractivity contribution in [1.29, 1.82) is 5.41 Å². The molecule has 5 nitrogen and oxygen atoms in total. The fourth-order valence-corrected chi connectivity index (χ4v) is 0.941. The SMILES string of the molecule is Cc1nc(N(C)C)oc1CC(=N)N. The van der Waals surface area contributed by atoms with Crippen LogP contribution in [0.15, 0.2) is 4.42 Å². The molecular formula is C8H14N4O. The Balaban J connectivity index is 2.89. The van der Waals surface area contributed by atoms with Gasteiger partial charge in [0.15, 0.2) is 0 Å². The molecule has 1 aromatic heterocycles. The lowest BCUT2D eigenvalue weighted by molar-refractivity contribution is 0.518. The van der Waals surface area contributed by atoms with Gasteiger partial charge >= 0.3 is 0 Å². The molecule has 0 saturated carbocycles. The van der Waals surface area contributed by atoms with Crippen molar-refractivity contribution in [3.05, 3.63) is 11.5 Å². The van der Waals surface area contributed by atoms with Crippen LogP contribution >= 0.6 is 0 Å². The molecule has 72 valence electrons. The predicted octanol–water partition coefficient (Wildman–Crippen LogP) is 0.527. The van der Waals surface area contributed by atoms with Crippen LogP contribution in [0.1, 0.15) is 11.5 Å². The van der Waals surface area contributed by atoms with E-state index in [9.17, 15) is 0 Å². The normalized spacial score (nSPS) is 10.1. The van der Waals surface area contributed by atoms with Gasteiger partial charge in [0.05, 0.1) is 18.0 Å². The lowest BCUT2D eigenvalue weighted by Crippen LogP contribution is -2.12. The Hall–Kier alpha value is -1.52. The van der Waals surface area contributed by atoms with Crippen molar-refractivity contribution in [3.63, 3.8) is 0 Å². The third-order valence-corrected chi connectivity index (χ3v) is 1.61. The molecule has 0 fully saturated rings. The molecule has 0 bridgehead atoms. The number of anilines is 1. The average Bonchev–Trinajstić information content (AvgIpc) is 2.31. The third kappa shape index (κ3) is 2.21. The summed E-state index contributed by atoms with van der Waals surface area (Å²) in [7, 11) is 3.70. The van der Waals surface area contributed by atoms with Crippen LogP contribution in [0, 0.1) is 12.3 Å². The van der Waals surface area contributed by atoms with Crippen LogP contribution in [-0.4, -0.2) is 24.9 Å². The summed E-state index contributed by atoms with van der Waals surface area (Å²) >= 11 is 0. The lowest BCUT2D eigenvalue weighted by atomic mass is 10.3. The largest absolute Gasteiger partial charge is 0.428 e. The summed E-state index contributed by atoms with van der Waals surface area (Å²) in [5, 5.41) is 7.12. The Morgan fingerprint density at radius 1 is 1.62 bits per heavy atom. The zero-order valence-electron chi connectivity index (χ0n) is 8.09. The van der Waals surface area contributed by atoms with Gasteiger partial charge in [-0.05, 0) is 6.92 Å². The van der Waals surface area contributed by atoms with Crippen molar-refractivity contribution < 1.29 is 4.42 Å². The Morgan fingerprint density at radius 3 is 2.62 bits per heavy atom. The van der Waals surface area contributed by atoms with E-state index in [1.54, 1.807) is 4.90 Å². The minimum atomic E-state index is 0.0876. The molecule has 0 amide bonds. The number of amidine groups is 1. The minimum absolute atomic E-state index is 0.0876. The number of aromatic nitrogens is 1. The molecule has 0 unspecified atom stereocenters. The second kappa shape index (κ2) is 3.47. The van der Waals surface area contributed by atoms with Gasteiger partial charge in [-0.1, -0.05) is 0 Å². The van der Waals surface area contributed by atoms with E-state index in [0.29, 0.717) is 18.2 Å². The van der Waals surface area contributed by atoms with Gasteiger partial charge in [0.1, 0.15) is 5.76 Å². The van der Waals surface area contributed by atoms with Crippen LogP contribution in [0.5, 0.6) is 0 Å². The molecule has 0 radical (unpaired) electrons. The standard InChI is InChI=1S/C8H14N4O/c1-5-6(4-7(9)10)13-8(11-5)12(2)3/h4H2,1-3H3,(H3,9,10). The number of oxazole rings is 1. The molecule has 0 aliphatic rings. The Kier molecular flexibility index (Phi) is 2.55. The molecular weight excluding hydrogens is 168 g/mol. The highest BCUT2D eigenvalue weighted by atomic mass is 16.4. The van der Waals surface area contributed by atoms with Gasteiger partial charge in [-0.15, -0.1) is 0 Å². The van der Waals surface area contributed by atoms with Gasteiger partial charge < -0.3 is 15.1 Å². The first-order valence-corrected chi connectivity index (χ1v) is 3.97. The number of nitrogens with zero attached hydrogens (tertiary/aromatic N) is 2. The average molecular weight is 182 g/mol. The van der Waals surface area contributed by atoms with Crippen LogP contribution in [0.2, 0.25) is 0 Å². The first-order chi connectivity index (χ1) is 6.00. The van der Waals surface area contributed by atoms with Crippen molar-refractivity contribution >= 4 is 11.9 Å². The second-order valence-corrected chi connectivity index (χ2v) is 3.10. The summed E-state index contributed by atoms with van der Waals surface area (Å²) in [5.41, 5.74) is 6.05. The molecule has 0 atom stereocenters. The molecule has 13 heavy (non-hydrogen) atoms. The van der Waals surface area contributed by atoms with Crippen LogP contribution in [-0.2, 0) is 6.42 Å². The van der Waals surface area contributed by atoms with Gasteiger partial charge in [0.25, 0.3) is 6.01 Å². The number of nitrogens with one attached hydrogen (secondary N) is 1. The number of nitrogens with two attached hydrogens (primary N) is 1. The smallest absolute Gasteiger partial charge is 0.297 e. The van der Waals surface area contributed by atoms with Gasteiger partial charge in [0.2, 0.25) is 0 Å². The molecule has 1 aromatic rings. The number of hydrogen-bond donors (Lipinski definition) is 2. The first kappa shape index (κ1) is 9.57. The van der Waals surface area contributed by atoms with Gasteiger partial charge in [0, 0.05) is 14.1 Å². The molecule has 0 aromatic carbocycles. The van der Waals surface area contributed by atoms with Crippen LogP contribution in [0.25, 0.3) is 0 Å². The predicted molar refractivity (Wildman–Crippen MR) is 51.2 cm³/mol. The van der Waals surface area contributed by atoms with E-state index < -0.39 is 0 Å². The molecule has 0 spiro atoms.